The van der Waals surface area contributed by atoms with Gasteiger partial charge in [0.05, 0.1) is 5.69 Å². The molecular formula is C20H24N4O. The van der Waals surface area contributed by atoms with Crippen molar-refractivity contribution >= 4 is 11.9 Å². The number of aromatic nitrogens is 2. The van der Waals surface area contributed by atoms with Gasteiger partial charge in [0, 0.05) is 49.8 Å². The zero-order valence-electron chi connectivity index (χ0n) is 14.9. The van der Waals surface area contributed by atoms with Crippen molar-refractivity contribution in [2.45, 2.75) is 38.0 Å². The molecule has 4 rings (SSSR count). The third-order valence-electron chi connectivity index (χ3n) is 5.20. The maximum Gasteiger partial charge on any atom is 0.225 e. The number of aryl methyl sites for hydroxylation is 1. The number of fused-ring (bicyclic) bond motifs is 1. The third kappa shape index (κ3) is 3.11. The van der Waals surface area contributed by atoms with Gasteiger partial charge in [-0.05, 0) is 31.2 Å². The third-order valence-corrected chi connectivity index (χ3v) is 5.20. The molecule has 1 atom stereocenters. The van der Waals surface area contributed by atoms with Crippen molar-refractivity contribution in [2.24, 2.45) is 0 Å². The number of hydrogen-bond donors (Lipinski definition) is 1. The van der Waals surface area contributed by atoms with Gasteiger partial charge in [-0.3, -0.25) is 4.79 Å². The van der Waals surface area contributed by atoms with Crippen LogP contribution in [0.5, 0.6) is 0 Å². The molecule has 0 radical (unpaired) electrons. The molecule has 1 N–H and O–H groups in total. The quantitative estimate of drug-likeness (QED) is 0.936. The fraction of sp³-hybridized carbons (Fsp3) is 0.450. The van der Waals surface area contributed by atoms with Gasteiger partial charge in [0.1, 0.15) is 0 Å². The van der Waals surface area contributed by atoms with Gasteiger partial charge in [-0.2, -0.15) is 0 Å². The molecule has 25 heavy (non-hydrogen) atoms. The molecule has 0 bridgehead atoms. The standard InChI is InChI=1S/C20H24N4O/c1-24(2)20-22-17-6-4-3-5-16(17)19(23-20)14-9-7-13(8-10-14)15-11-18(25)21-12-15/h7-10,15H,3-6,11-12H2,1-2H3,(H,21,25). The Morgan fingerprint density at radius 1 is 1.08 bits per heavy atom. The van der Waals surface area contributed by atoms with Crippen LogP contribution in [0.1, 0.15) is 42.0 Å². The summed E-state index contributed by atoms with van der Waals surface area (Å²) >= 11 is 0. The van der Waals surface area contributed by atoms with Gasteiger partial charge in [-0.15, -0.1) is 0 Å². The Morgan fingerprint density at radius 2 is 1.84 bits per heavy atom. The van der Waals surface area contributed by atoms with E-state index in [1.54, 1.807) is 0 Å². The van der Waals surface area contributed by atoms with Crippen LogP contribution in [0.25, 0.3) is 11.3 Å². The predicted molar refractivity (Wildman–Crippen MR) is 98.8 cm³/mol. The zero-order chi connectivity index (χ0) is 17.4. The molecule has 130 valence electrons. The highest BCUT2D eigenvalue weighted by Gasteiger charge is 2.23. The molecule has 5 heteroatoms. The minimum absolute atomic E-state index is 0.148. The lowest BCUT2D eigenvalue weighted by Gasteiger charge is -2.21. The minimum Gasteiger partial charge on any atom is -0.355 e. The van der Waals surface area contributed by atoms with E-state index < -0.39 is 0 Å². The summed E-state index contributed by atoms with van der Waals surface area (Å²) in [5.74, 6) is 1.22. The average Bonchev–Trinajstić information content (AvgIpc) is 3.07. The Labute approximate surface area is 148 Å². The Bertz CT molecular complexity index is 798. The van der Waals surface area contributed by atoms with E-state index >= 15 is 0 Å². The highest BCUT2D eigenvalue weighted by molar-refractivity contribution is 5.79. The largest absolute Gasteiger partial charge is 0.355 e. The second-order valence-electron chi connectivity index (χ2n) is 7.23. The summed E-state index contributed by atoms with van der Waals surface area (Å²) in [6.45, 7) is 0.742. The molecule has 0 saturated carbocycles. The number of carbonyl (C=O) groups excluding carboxylic acids is 1. The summed E-state index contributed by atoms with van der Waals surface area (Å²) in [5, 5.41) is 2.91. The van der Waals surface area contributed by atoms with Crippen molar-refractivity contribution in [3.63, 3.8) is 0 Å². The van der Waals surface area contributed by atoms with Crippen LogP contribution in [-0.2, 0) is 17.6 Å². The molecule has 1 amide bonds. The van der Waals surface area contributed by atoms with Gasteiger partial charge < -0.3 is 10.2 Å². The first kappa shape index (κ1) is 16.1. The van der Waals surface area contributed by atoms with Crippen LogP contribution < -0.4 is 10.2 Å². The number of nitrogens with zero attached hydrogens (tertiary/aromatic N) is 3. The molecule has 1 fully saturated rings. The van der Waals surface area contributed by atoms with E-state index in [4.69, 9.17) is 9.97 Å². The van der Waals surface area contributed by atoms with Crippen LogP contribution >= 0.6 is 0 Å². The van der Waals surface area contributed by atoms with E-state index in [0.717, 1.165) is 36.6 Å². The number of rotatable bonds is 3. The van der Waals surface area contributed by atoms with Crippen molar-refractivity contribution in [1.82, 2.24) is 15.3 Å². The van der Waals surface area contributed by atoms with E-state index in [2.05, 4.69) is 29.6 Å². The predicted octanol–water partition coefficient (Wildman–Crippen LogP) is 2.69. The number of amides is 1. The molecule has 1 aliphatic carbocycles. The second kappa shape index (κ2) is 6.47. The minimum atomic E-state index is 0.148. The number of nitrogens with one attached hydrogen (secondary N) is 1. The van der Waals surface area contributed by atoms with Gasteiger partial charge in [-0.1, -0.05) is 24.3 Å². The highest BCUT2D eigenvalue weighted by atomic mass is 16.1. The Morgan fingerprint density at radius 3 is 2.52 bits per heavy atom. The van der Waals surface area contributed by atoms with Crippen LogP contribution in [0.15, 0.2) is 24.3 Å². The maximum absolute atomic E-state index is 11.4. The molecular weight excluding hydrogens is 312 g/mol. The Balaban J connectivity index is 1.71. The molecule has 1 aliphatic heterocycles. The number of hydrogen-bond acceptors (Lipinski definition) is 4. The molecule has 1 aromatic heterocycles. The first-order chi connectivity index (χ1) is 12.1. The number of benzene rings is 1. The van der Waals surface area contributed by atoms with E-state index in [9.17, 15) is 4.79 Å². The van der Waals surface area contributed by atoms with Crippen molar-refractivity contribution in [2.75, 3.05) is 25.5 Å². The zero-order valence-corrected chi connectivity index (χ0v) is 14.9. The summed E-state index contributed by atoms with van der Waals surface area (Å²) < 4.78 is 0. The fourth-order valence-electron chi connectivity index (χ4n) is 3.77. The van der Waals surface area contributed by atoms with Gasteiger partial charge in [0.2, 0.25) is 11.9 Å². The topological polar surface area (TPSA) is 58.1 Å². The van der Waals surface area contributed by atoms with E-state index in [-0.39, 0.29) is 5.91 Å². The lowest BCUT2D eigenvalue weighted by Crippen LogP contribution is -2.17. The van der Waals surface area contributed by atoms with Crippen LogP contribution in [0, 0.1) is 0 Å². The molecule has 2 heterocycles. The first-order valence-electron chi connectivity index (χ1n) is 9.06. The van der Waals surface area contributed by atoms with Crippen molar-refractivity contribution in [1.29, 1.82) is 0 Å². The average molecular weight is 336 g/mol. The molecule has 0 spiro atoms. The smallest absolute Gasteiger partial charge is 0.225 e. The van der Waals surface area contributed by atoms with E-state index in [0.29, 0.717) is 12.3 Å². The molecule has 2 aliphatic rings. The maximum atomic E-state index is 11.4. The monoisotopic (exact) mass is 336 g/mol. The normalized spacial score (nSPS) is 19.4. The van der Waals surface area contributed by atoms with Crippen LogP contribution in [0.4, 0.5) is 5.95 Å². The van der Waals surface area contributed by atoms with E-state index in [1.807, 2.05) is 19.0 Å². The molecule has 1 aromatic carbocycles. The number of carbonyl (C=O) groups is 1. The first-order valence-corrected chi connectivity index (χ1v) is 9.06. The summed E-state index contributed by atoms with van der Waals surface area (Å²) in [4.78, 5) is 23.0. The lowest BCUT2D eigenvalue weighted by molar-refractivity contribution is -0.119. The van der Waals surface area contributed by atoms with Crippen LogP contribution in [0.2, 0.25) is 0 Å². The van der Waals surface area contributed by atoms with Gasteiger partial charge in [0.25, 0.3) is 0 Å². The van der Waals surface area contributed by atoms with Crippen molar-refractivity contribution in [3.05, 3.63) is 41.1 Å². The number of anilines is 1. The van der Waals surface area contributed by atoms with Gasteiger partial charge >= 0.3 is 0 Å². The highest BCUT2D eigenvalue weighted by Crippen LogP contribution is 2.32. The summed E-state index contributed by atoms with van der Waals surface area (Å²) in [6, 6.07) is 8.59. The molecule has 5 nitrogen and oxygen atoms in total. The molecule has 1 unspecified atom stereocenters. The Hall–Kier alpha value is -2.43. The van der Waals surface area contributed by atoms with Crippen molar-refractivity contribution < 1.29 is 4.79 Å². The second-order valence-corrected chi connectivity index (χ2v) is 7.23. The van der Waals surface area contributed by atoms with Crippen LogP contribution in [0.3, 0.4) is 0 Å². The lowest BCUT2D eigenvalue weighted by atomic mass is 9.91. The molecule has 2 aromatic rings. The fourth-order valence-corrected chi connectivity index (χ4v) is 3.77. The summed E-state index contributed by atoms with van der Waals surface area (Å²) in [5.41, 5.74) is 5.94. The van der Waals surface area contributed by atoms with E-state index in [1.165, 1.54) is 29.7 Å². The van der Waals surface area contributed by atoms with Gasteiger partial charge in [-0.25, -0.2) is 9.97 Å². The van der Waals surface area contributed by atoms with Crippen LogP contribution in [-0.4, -0.2) is 36.5 Å². The summed E-state index contributed by atoms with van der Waals surface area (Å²) in [7, 11) is 3.98. The van der Waals surface area contributed by atoms with Crippen molar-refractivity contribution in [3.8, 4) is 11.3 Å². The summed E-state index contributed by atoms with van der Waals surface area (Å²) in [6.07, 6.45) is 5.10. The Kier molecular flexibility index (Phi) is 4.15. The van der Waals surface area contributed by atoms with Gasteiger partial charge in [0.15, 0.2) is 0 Å². The molecule has 1 saturated heterocycles. The SMILES string of the molecule is CN(C)c1nc2c(c(-c3ccc(C4CNC(=O)C4)cc3)n1)CCCC2.